The molecule has 1 aromatic heterocycles. The normalized spacial score (nSPS) is 18.0. The second-order valence-electron chi connectivity index (χ2n) is 6.64. The molecule has 1 fully saturated rings. The average molecular weight is 376 g/mol. The number of carbonyl (C=O) groups is 1. The molecule has 0 aliphatic carbocycles. The number of hydrogen-bond acceptors (Lipinski definition) is 4. The summed E-state index contributed by atoms with van der Waals surface area (Å²) in [5, 5.41) is 7.15. The number of rotatable bonds is 8. The molecule has 7 heteroatoms. The highest BCUT2D eigenvalue weighted by molar-refractivity contribution is 6.30. The fourth-order valence-corrected chi connectivity index (χ4v) is 3.34. The Morgan fingerprint density at radius 1 is 1.31 bits per heavy atom. The number of benzene rings is 1. The van der Waals surface area contributed by atoms with Crippen molar-refractivity contribution in [3.8, 4) is 0 Å². The topological polar surface area (TPSA) is 73.0 Å². The standard InChI is InChI=1S/C19H26ClN5O/c20-16-6-4-15(5-7-16)13-25-10-9-21-12-18(25)19(26)23-8-2-1-3-17-11-22-14-24-17/h4-7,11,14,18,21H,1-3,8-10,12-13H2,(H,22,24)(H,23,26). The summed E-state index contributed by atoms with van der Waals surface area (Å²) in [5.41, 5.74) is 2.32. The van der Waals surface area contributed by atoms with Gasteiger partial charge in [0.1, 0.15) is 6.04 Å². The molecule has 3 rings (SSSR count). The third-order valence-electron chi connectivity index (χ3n) is 4.68. The number of carbonyl (C=O) groups excluding carboxylic acids is 1. The number of hydrogen-bond donors (Lipinski definition) is 3. The first-order valence-corrected chi connectivity index (χ1v) is 9.54. The Kier molecular flexibility index (Phi) is 7.05. The smallest absolute Gasteiger partial charge is 0.238 e. The summed E-state index contributed by atoms with van der Waals surface area (Å²) in [7, 11) is 0. The number of aromatic nitrogens is 2. The molecule has 0 radical (unpaired) electrons. The molecule has 26 heavy (non-hydrogen) atoms. The molecule has 0 spiro atoms. The van der Waals surface area contributed by atoms with Crippen molar-refractivity contribution in [3.63, 3.8) is 0 Å². The molecule has 1 saturated heterocycles. The maximum atomic E-state index is 12.6. The van der Waals surface area contributed by atoms with Crippen LogP contribution in [-0.2, 0) is 17.8 Å². The summed E-state index contributed by atoms with van der Waals surface area (Å²) >= 11 is 5.96. The van der Waals surface area contributed by atoms with Gasteiger partial charge in [0.05, 0.1) is 6.33 Å². The Morgan fingerprint density at radius 3 is 2.92 bits per heavy atom. The summed E-state index contributed by atoms with van der Waals surface area (Å²) < 4.78 is 0. The average Bonchev–Trinajstić information content (AvgIpc) is 3.17. The zero-order valence-corrected chi connectivity index (χ0v) is 15.6. The summed E-state index contributed by atoms with van der Waals surface area (Å²) in [5.74, 6) is 0.104. The zero-order valence-electron chi connectivity index (χ0n) is 14.9. The lowest BCUT2D eigenvalue weighted by Gasteiger charge is -2.35. The molecule has 0 saturated carbocycles. The number of H-pyrrole nitrogens is 1. The Labute approximate surface area is 159 Å². The first-order valence-electron chi connectivity index (χ1n) is 9.16. The second-order valence-corrected chi connectivity index (χ2v) is 7.08. The summed E-state index contributed by atoms with van der Waals surface area (Å²) in [4.78, 5) is 22.0. The van der Waals surface area contributed by atoms with Crippen molar-refractivity contribution >= 4 is 17.5 Å². The van der Waals surface area contributed by atoms with E-state index in [0.29, 0.717) is 13.1 Å². The number of aryl methyl sites for hydroxylation is 1. The van der Waals surface area contributed by atoms with Crippen LogP contribution in [0.15, 0.2) is 36.8 Å². The van der Waals surface area contributed by atoms with Gasteiger partial charge in [0.25, 0.3) is 0 Å². The summed E-state index contributed by atoms with van der Waals surface area (Å²) in [6.45, 7) is 3.92. The molecule has 140 valence electrons. The molecule has 1 aromatic carbocycles. The first-order chi connectivity index (χ1) is 12.7. The van der Waals surface area contributed by atoms with Crippen molar-refractivity contribution in [2.45, 2.75) is 31.8 Å². The van der Waals surface area contributed by atoms with E-state index in [1.165, 1.54) is 5.56 Å². The van der Waals surface area contributed by atoms with Crippen LogP contribution >= 0.6 is 11.6 Å². The molecule has 0 bridgehead atoms. The number of nitrogens with zero attached hydrogens (tertiary/aromatic N) is 2. The third kappa shape index (κ3) is 5.56. The van der Waals surface area contributed by atoms with E-state index in [4.69, 9.17) is 11.6 Å². The number of amides is 1. The lowest BCUT2D eigenvalue weighted by atomic mass is 10.1. The van der Waals surface area contributed by atoms with Gasteiger partial charge in [-0.15, -0.1) is 0 Å². The van der Waals surface area contributed by atoms with Gasteiger partial charge >= 0.3 is 0 Å². The zero-order chi connectivity index (χ0) is 18.2. The van der Waals surface area contributed by atoms with Crippen molar-refractivity contribution in [1.82, 2.24) is 25.5 Å². The van der Waals surface area contributed by atoms with E-state index in [1.807, 2.05) is 30.5 Å². The Balaban J connectivity index is 1.43. The molecule has 1 aliphatic heterocycles. The van der Waals surface area contributed by atoms with Crippen LogP contribution in [0, 0.1) is 0 Å². The van der Waals surface area contributed by atoms with Crippen molar-refractivity contribution < 1.29 is 4.79 Å². The predicted octanol–water partition coefficient (Wildman–Crippen LogP) is 1.98. The van der Waals surface area contributed by atoms with E-state index in [-0.39, 0.29) is 11.9 Å². The van der Waals surface area contributed by atoms with Crippen LogP contribution in [0.25, 0.3) is 0 Å². The van der Waals surface area contributed by atoms with Crippen LogP contribution in [-0.4, -0.2) is 53.0 Å². The molecule has 1 atom stereocenters. The van der Waals surface area contributed by atoms with Gasteiger partial charge in [0.15, 0.2) is 0 Å². The number of aromatic amines is 1. The van der Waals surface area contributed by atoms with Crippen molar-refractivity contribution in [2.24, 2.45) is 0 Å². The lowest BCUT2D eigenvalue weighted by Crippen LogP contribution is -2.57. The van der Waals surface area contributed by atoms with E-state index >= 15 is 0 Å². The van der Waals surface area contributed by atoms with Gasteiger partial charge in [-0.3, -0.25) is 9.69 Å². The molecular weight excluding hydrogens is 350 g/mol. The highest BCUT2D eigenvalue weighted by Gasteiger charge is 2.28. The highest BCUT2D eigenvalue weighted by atomic mass is 35.5. The monoisotopic (exact) mass is 375 g/mol. The SMILES string of the molecule is O=C(NCCCCc1cnc[nH]1)C1CNCCN1Cc1ccc(Cl)cc1. The van der Waals surface area contributed by atoms with Crippen LogP contribution in [0.2, 0.25) is 5.02 Å². The van der Waals surface area contributed by atoms with Gasteiger partial charge < -0.3 is 15.6 Å². The molecule has 1 aliphatic rings. The minimum absolute atomic E-state index is 0.104. The fourth-order valence-electron chi connectivity index (χ4n) is 3.21. The third-order valence-corrected chi connectivity index (χ3v) is 4.93. The van der Waals surface area contributed by atoms with Gasteiger partial charge in [-0.05, 0) is 37.0 Å². The van der Waals surface area contributed by atoms with Gasteiger partial charge in [0.2, 0.25) is 5.91 Å². The number of halogens is 1. The lowest BCUT2D eigenvalue weighted by molar-refractivity contribution is -0.127. The van der Waals surface area contributed by atoms with Crippen LogP contribution in [0.4, 0.5) is 0 Å². The Hall–Kier alpha value is -1.89. The molecule has 2 aromatic rings. The predicted molar refractivity (Wildman–Crippen MR) is 103 cm³/mol. The molecule has 3 N–H and O–H groups in total. The van der Waals surface area contributed by atoms with Gasteiger partial charge in [-0.2, -0.15) is 0 Å². The molecule has 6 nitrogen and oxygen atoms in total. The van der Waals surface area contributed by atoms with E-state index in [9.17, 15) is 4.79 Å². The molecule has 2 heterocycles. The largest absolute Gasteiger partial charge is 0.355 e. The van der Waals surface area contributed by atoms with Crippen LogP contribution < -0.4 is 10.6 Å². The first kappa shape index (κ1) is 18.9. The number of unbranched alkanes of at least 4 members (excludes halogenated alkanes) is 1. The quantitative estimate of drug-likeness (QED) is 0.617. The Bertz CT molecular complexity index is 674. The van der Waals surface area contributed by atoms with E-state index in [2.05, 4.69) is 25.5 Å². The van der Waals surface area contributed by atoms with Crippen molar-refractivity contribution in [2.75, 3.05) is 26.2 Å². The van der Waals surface area contributed by atoms with Gasteiger partial charge in [0, 0.05) is 49.6 Å². The summed E-state index contributed by atoms with van der Waals surface area (Å²) in [6, 6.07) is 7.71. The van der Waals surface area contributed by atoms with Crippen LogP contribution in [0.5, 0.6) is 0 Å². The minimum atomic E-state index is -0.132. The minimum Gasteiger partial charge on any atom is -0.355 e. The van der Waals surface area contributed by atoms with Gasteiger partial charge in [-0.25, -0.2) is 4.98 Å². The van der Waals surface area contributed by atoms with E-state index < -0.39 is 0 Å². The second kappa shape index (κ2) is 9.71. The number of piperazine rings is 1. The molecule has 1 amide bonds. The number of nitrogens with one attached hydrogen (secondary N) is 3. The summed E-state index contributed by atoms with van der Waals surface area (Å²) in [6.07, 6.45) is 6.49. The molecular formula is C19H26ClN5O. The van der Waals surface area contributed by atoms with Gasteiger partial charge in [-0.1, -0.05) is 23.7 Å². The Morgan fingerprint density at radius 2 is 2.15 bits per heavy atom. The van der Waals surface area contributed by atoms with Crippen molar-refractivity contribution in [3.05, 3.63) is 53.1 Å². The van der Waals surface area contributed by atoms with E-state index in [0.717, 1.165) is 49.6 Å². The maximum absolute atomic E-state index is 12.6. The molecule has 1 unspecified atom stereocenters. The fraction of sp³-hybridized carbons (Fsp3) is 0.474. The van der Waals surface area contributed by atoms with Crippen LogP contribution in [0.1, 0.15) is 24.1 Å². The van der Waals surface area contributed by atoms with E-state index in [1.54, 1.807) is 6.33 Å². The highest BCUT2D eigenvalue weighted by Crippen LogP contribution is 2.14. The number of imidazole rings is 1. The van der Waals surface area contributed by atoms with Crippen LogP contribution in [0.3, 0.4) is 0 Å². The van der Waals surface area contributed by atoms with Crippen molar-refractivity contribution in [1.29, 1.82) is 0 Å². The maximum Gasteiger partial charge on any atom is 0.238 e.